The molecule has 0 bridgehead atoms. The second-order valence-electron chi connectivity index (χ2n) is 12.6. The van der Waals surface area contributed by atoms with Crippen LogP contribution in [0, 0.1) is 0 Å². The van der Waals surface area contributed by atoms with Crippen LogP contribution < -0.4 is 0 Å². The van der Waals surface area contributed by atoms with E-state index in [0.717, 1.165) is 65.8 Å². The maximum Gasteiger partial charge on any atom is 0.165 e. The van der Waals surface area contributed by atoms with Gasteiger partial charge >= 0.3 is 0 Å². The molecule has 4 heteroatoms. The fourth-order valence-corrected chi connectivity index (χ4v) is 7.46. The lowest BCUT2D eigenvalue weighted by atomic mass is 9.87. The van der Waals surface area contributed by atoms with Crippen molar-refractivity contribution < 1.29 is 0 Å². The van der Waals surface area contributed by atoms with Gasteiger partial charge in [-0.2, -0.15) is 0 Å². The van der Waals surface area contributed by atoms with E-state index < -0.39 is 0 Å². The average molecular weight is 637 g/mol. The molecule has 4 nitrogen and oxygen atoms in total. The quantitative estimate of drug-likeness (QED) is 0.142. The summed E-state index contributed by atoms with van der Waals surface area (Å²) in [5.74, 6) is 1.92. The number of pyridine rings is 1. The molecule has 10 rings (SSSR count). The molecule has 232 valence electrons. The molecule has 0 fully saturated rings. The van der Waals surface area contributed by atoms with E-state index in [0.29, 0.717) is 17.5 Å². The topological polar surface area (TPSA) is 51.6 Å². The second-order valence-corrected chi connectivity index (χ2v) is 12.6. The molecule has 0 saturated heterocycles. The van der Waals surface area contributed by atoms with E-state index in [1.807, 2.05) is 60.7 Å². The molecule has 0 spiro atoms. The Hall–Kier alpha value is -6.78. The highest BCUT2D eigenvalue weighted by Crippen LogP contribution is 2.46. The van der Waals surface area contributed by atoms with Gasteiger partial charge in [0, 0.05) is 38.4 Å². The van der Waals surface area contributed by atoms with E-state index >= 15 is 0 Å². The third kappa shape index (κ3) is 4.46. The molecule has 0 saturated carbocycles. The van der Waals surface area contributed by atoms with Gasteiger partial charge in [-0.25, -0.2) is 19.9 Å². The van der Waals surface area contributed by atoms with Crippen LogP contribution in [0.25, 0.3) is 99.4 Å². The van der Waals surface area contributed by atoms with Crippen molar-refractivity contribution in [3.8, 4) is 45.4 Å². The van der Waals surface area contributed by atoms with Gasteiger partial charge in [0.15, 0.2) is 17.5 Å². The minimum atomic E-state index is 0.638. The first-order chi connectivity index (χ1) is 24.8. The molecule has 0 unspecified atom stereocenters. The molecule has 0 radical (unpaired) electrons. The number of hydrogen-bond acceptors (Lipinski definition) is 4. The summed E-state index contributed by atoms with van der Waals surface area (Å²) in [4.78, 5) is 20.8. The first kappa shape index (κ1) is 28.3. The van der Waals surface area contributed by atoms with Crippen LogP contribution in [0.4, 0.5) is 0 Å². The summed E-state index contributed by atoms with van der Waals surface area (Å²) in [6.07, 6.45) is 0. The fraction of sp³-hybridized carbons (Fsp3) is 0. The zero-order valence-electron chi connectivity index (χ0n) is 27.0. The van der Waals surface area contributed by atoms with Crippen LogP contribution in [-0.2, 0) is 0 Å². The van der Waals surface area contributed by atoms with Crippen molar-refractivity contribution in [2.24, 2.45) is 0 Å². The SMILES string of the molecule is c1ccc(-c2nc(-c3ccccc3)nc(-c3c4ccccc4c(-c4nc5ccccc5c5c4ccc4ccccc45)c4ccccc34)n2)cc1. The number of benzene rings is 8. The van der Waals surface area contributed by atoms with Crippen LogP contribution in [0.5, 0.6) is 0 Å². The predicted octanol–water partition coefficient (Wildman–Crippen LogP) is 11.7. The van der Waals surface area contributed by atoms with E-state index in [-0.39, 0.29) is 0 Å². The highest BCUT2D eigenvalue weighted by Gasteiger charge is 2.23. The molecule has 8 aromatic carbocycles. The summed E-state index contributed by atoms with van der Waals surface area (Å²) in [5, 5.41) is 10.3. The molecule has 50 heavy (non-hydrogen) atoms. The third-order valence-corrected chi connectivity index (χ3v) is 9.68. The molecule has 0 aliphatic heterocycles. The van der Waals surface area contributed by atoms with E-state index in [1.54, 1.807) is 0 Å². The molecule has 2 aromatic heterocycles. The Labute approximate surface area is 288 Å². The van der Waals surface area contributed by atoms with Gasteiger partial charge in [0.25, 0.3) is 0 Å². The zero-order chi connectivity index (χ0) is 33.0. The van der Waals surface area contributed by atoms with Gasteiger partial charge in [-0.15, -0.1) is 0 Å². The van der Waals surface area contributed by atoms with Crippen LogP contribution in [0.2, 0.25) is 0 Å². The van der Waals surface area contributed by atoms with Crippen LogP contribution >= 0.6 is 0 Å². The Balaban J connectivity index is 1.34. The van der Waals surface area contributed by atoms with Crippen LogP contribution in [0.1, 0.15) is 0 Å². The summed E-state index contributed by atoms with van der Waals surface area (Å²) >= 11 is 0. The van der Waals surface area contributed by atoms with Crippen molar-refractivity contribution in [1.82, 2.24) is 19.9 Å². The number of rotatable bonds is 4. The number of fused-ring (bicyclic) bond motifs is 7. The molecule has 0 atom stereocenters. The van der Waals surface area contributed by atoms with Gasteiger partial charge < -0.3 is 0 Å². The first-order valence-electron chi connectivity index (χ1n) is 16.8. The van der Waals surface area contributed by atoms with Crippen LogP contribution in [0.3, 0.4) is 0 Å². The van der Waals surface area contributed by atoms with Gasteiger partial charge in [0.1, 0.15) is 0 Å². The Morgan fingerprint density at radius 1 is 0.280 bits per heavy atom. The maximum atomic E-state index is 5.45. The molecule has 10 aromatic rings. The summed E-state index contributed by atoms with van der Waals surface area (Å²) in [5.41, 5.74) is 5.91. The van der Waals surface area contributed by atoms with Gasteiger partial charge in [-0.05, 0) is 38.4 Å². The molecule has 0 N–H and O–H groups in total. The van der Waals surface area contributed by atoms with Crippen molar-refractivity contribution >= 4 is 54.0 Å². The first-order valence-corrected chi connectivity index (χ1v) is 16.8. The van der Waals surface area contributed by atoms with Gasteiger partial charge in [0.2, 0.25) is 0 Å². The fourth-order valence-electron chi connectivity index (χ4n) is 7.46. The van der Waals surface area contributed by atoms with Crippen LogP contribution in [-0.4, -0.2) is 19.9 Å². The van der Waals surface area contributed by atoms with Gasteiger partial charge in [-0.3, -0.25) is 0 Å². The Morgan fingerprint density at radius 3 is 1.34 bits per heavy atom. The Morgan fingerprint density at radius 2 is 0.740 bits per heavy atom. The molecule has 0 aliphatic carbocycles. The number of nitrogens with zero attached hydrogens (tertiary/aromatic N) is 4. The highest BCUT2D eigenvalue weighted by molar-refractivity contribution is 6.27. The van der Waals surface area contributed by atoms with Crippen molar-refractivity contribution in [1.29, 1.82) is 0 Å². The third-order valence-electron chi connectivity index (χ3n) is 9.68. The van der Waals surface area contributed by atoms with E-state index in [4.69, 9.17) is 19.9 Å². The number of hydrogen-bond donors (Lipinski definition) is 0. The molecular weight excluding hydrogens is 609 g/mol. The number of para-hydroxylation sites is 1. The lowest BCUT2D eigenvalue weighted by Gasteiger charge is -2.19. The standard InChI is InChI=1S/C46H28N4/c1-3-16-30(17-4-1)44-48-45(31-18-5-2-6-19-31)50-46(49-44)42-35-23-11-9-21-33(35)41(34-22-10-12-24-36(34)42)43-38-28-27-29-15-7-8-20-32(29)40(38)37-25-13-14-26-39(37)47-43/h1-28H. The number of aromatic nitrogens is 4. The highest BCUT2D eigenvalue weighted by atomic mass is 15.0. The lowest BCUT2D eigenvalue weighted by Crippen LogP contribution is -2.02. The summed E-state index contributed by atoms with van der Waals surface area (Å²) in [6, 6.07) is 59.1. The van der Waals surface area contributed by atoms with Gasteiger partial charge in [0.05, 0.1) is 11.2 Å². The minimum Gasteiger partial charge on any atom is -0.247 e. The van der Waals surface area contributed by atoms with Crippen molar-refractivity contribution in [3.05, 3.63) is 170 Å². The summed E-state index contributed by atoms with van der Waals surface area (Å²) in [7, 11) is 0. The Kier molecular flexibility index (Phi) is 6.46. The maximum absolute atomic E-state index is 5.45. The van der Waals surface area contributed by atoms with Crippen molar-refractivity contribution in [2.75, 3.05) is 0 Å². The van der Waals surface area contributed by atoms with E-state index in [9.17, 15) is 0 Å². The van der Waals surface area contributed by atoms with E-state index in [2.05, 4.69) is 109 Å². The summed E-state index contributed by atoms with van der Waals surface area (Å²) < 4.78 is 0. The minimum absolute atomic E-state index is 0.638. The Bertz CT molecular complexity index is 2790. The molecule has 2 heterocycles. The second kappa shape index (κ2) is 11.4. The molecule has 0 aliphatic rings. The van der Waals surface area contributed by atoms with Crippen LogP contribution in [0.15, 0.2) is 170 Å². The zero-order valence-corrected chi connectivity index (χ0v) is 27.0. The molecule has 0 amide bonds. The predicted molar refractivity (Wildman–Crippen MR) is 207 cm³/mol. The normalized spacial score (nSPS) is 11.6. The monoisotopic (exact) mass is 636 g/mol. The largest absolute Gasteiger partial charge is 0.247 e. The smallest absolute Gasteiger partial charge is 0.165 e. The average Bonchev–Trinajstić information content (AvgIpc) is 3.20. The van der Waals surface area contributed by atoms with Gasteiger partial charge in [-0.1, -0.05) is 164 Å². The molecular formula is C46H28N4. The van der Waals surface area contributed by atoms with Crippen molar-refractivity contribution in [2.45, 2.75) is 0 Å². The van der Waals surface area contributed by atoms with E-state index in [1.165, 1.54) is 16.2 Å². The van der Waals surface area contributed by atoms with Crippen molar-refractivity contribution in [3.63, 3.8) is 0 Å². The lowest BCUT2D eigenvalue weighted by molar-refractivity contribution is 1.08. The summed E-state index contributed by atoms with van der Waals surface area (Å²) in [6.45, 7) is 0.